The predicted molar refractivity (Wildman–Crippen MR) is 206 cm³/mol. The SMILES string of the molecule is CC(C)(C)OC(=O)N1CCC(c2ccc(OCc3cc(-c4c(F)ccc(F)c4Cl)no3)cc2)C(C(=O)N(Cc2cc(CNC(=O)C3CC3)ccc2Cl)C2CC2)C1. The highest BCUT2D eigenvalue weighted by Crippen LogP contribution is 2.40. The average molecular weight is 810 g/mol. The van der Waals surface area contributed by atoms with Gasteiger partial charge in [0.05, 0.1) is 16.5 Å². The molecule has 14 heteroatoms. The van der Waals surface area contributed by atoms with E-state index in [-0.39, 0.29) is 64.9 Å². The van der Waals surface area contributed by atoms with Crippen molar-refractivity contribution in [3.05, 3.63) is 105 Å². The zero-order valence-corrected chi connectivity index (χ0v) is 33.0. The van der Waals surface area contributed by atoms with E-state index in [1.807, 2.05) is 56.0 Å². The number of likely N-dealkylation sites (tertiary alicyclic amines) is 1. The number of aromatic nitrogens is 1. The topological polar surface area (TPSA) is 114 Å². The summed E-state index contributed by atoms with van der Waals surface area (Å²) in [6, 6.07) is 16.5. The number of rotatable bonds is 12. The van der Waals surface area contributed by atoms with Crippen molar-refractivity contribution in [1.82, 2.24) is 20.3 Å². The standard InChI is InChI=1S/C42H44Cl2F2N4O6/c1-42(2,3)55-41(53)49-17-16-31(25-7-11-29(12-8-25)54-23-30-19-36(48-56-30)37-34(45)14-15-35(46)38(37)44)32(22-49)40(52)50(28-9-10-28)21-27-18-24(4-13-33(27)43)20-47-39(51)26-5-6-26/h4,7-8,11-15,18-19,26,28,31-32H,5-6,9-10,16-17,20-23H2,1-3H3,(H,47,51). The summed E-state index contributed by atoms with van der Waals surface area (Å²) in [5.41, 5.74) is 1.77. The summed E-state index contributed by atoms with van der Waals surface area (Å²) < 4.78 is 45.4. The van der Waals surface area contributed by atoms with E-state index in [4.69, 9.17) is 37.2 Å². The Kier molecular flexibility index (Phi) is 11.6. The first-order valence-electron chi connectivity index (χ1n) is 18.9. The van der Waals surface area contributed by atoms with Gasteiger partial charge < -0.3 is 29.1 Å². The van der Waals surface area contributed by atoms with Gasteiger partial charge in [-0.2, -0.15) is 0 Å². The minimum Gasteiger partial charge on any atom is -0.486 e. The molecule has 2 unspecified atom stereocenters. The molecule has 1 saturated heterocycles. The summed E-state index contributed by atoms with van der Waals surface area (Å²) in [6.45, 7) is 6.69. The lowest BCUT2D eigenvalue weighted by Gasteiger charge is -2.40. The first-order valence-corrected chi connectivity index (χ1v) is 19.7. The lowest BCUT2D eigenvalue weighted by molar-refractivity contribution is -0.139. The van der Waals surface area contributed by atoms with Crippen LogP contribution in [0.1, 0.15) is 81.2 Å². The van der Waals surface area contributed by atoms with E-state index in [0.29, 0.717) is 36.8 Å². The average Bonchev–Trinajstić information content (AvgIpc) is 4.12. The molecule has 0 spiro atoms. The Hall–Kier alpha value is -4.68. The van der Waals surface area contributed by atoms with Crippen LogP contribution in [-0.4, -0.2) is 57.6 Å². The maximum atomic E-state index is 14.8. The third kappa shape index (κ3) is 9.46. The van der Waals surface area contributed by atoms with Crippen molar-refractivity contribution in [2.24, 2.45) is 11.8 Å². The lowest BCUT2D eigenvalue weighted by Crippen LogP contribution is -2.51. The van der Waals surface area contributed by atoms with Crippen molar-refractivity contribution in [1.29, 1.82) is 0 Å². The van der Waals surface area contributed by atoms with Crippen molar-refractivity contribution in [2.75, 3.05) is 13.1 Å². The molecule has 10 nitrogen and oxygen atoms in total. The summed E-state index contributed by atoms with van der Waals surface area (Å²) in [5.74, 6) is -1.39. The number of carbonyl (C=O) groups excluding carboxylic acids is 3. The number of halogens is 4. The molecule has 1 N–H and O–H groups in total. The molecule has 56 heavy (non-hydrogen) atoms. The Morgan fingerprint density at radius 3 is 2.39 bits per heavy atom. The van der Waals surface area contributed by atoms with Gasteiger partial charge in [0.15, 0.2) is 5.76 Å². The van der Waals surface area contributed by atoms with Crippen molar-refractivity contribution >= 4 is 41.1 Å². The van der Waals surface area contributed by atoms with Crippen LogP contribution in [0, 0.1) is 23.5 Å². The summed E-state index contributed by atoms with van der Waals surface area (Å²) in [7, 11) is 0. The first-order chi connectivity index (χ1) is 26.7. The normalized spacial score (nSPS) is 18.4. The molecule has 3 amide bonds. The fraction of sp³-hybridized carbons (Fsp3) is 0.429. The van der Waals surface area contributed by atoms with Gasteiger partial charge in [0.25, 0.3) is 0 Å². The molecule has 3 aromatic carbocycles. The van der Waals surface area contributed by atoms with E-state index in [1.54, 1.807) is 17.0 Å². The molecular weight excluding hydrogens is 765 g/mol. The minimum absolute atomic E-state index is 0.0384. The summed E-state index contributed by atoms with van der Waals surface area (Å²) >= 11 is 12.7. The highest BCUT2D eigenvalue weighted by atomic mass is 35.5. The highest BCUT2D eigenvalue weighted by Gasteiger charge is 2.43. The molecule has 1 aliphatic heterocycles. The van der Waals surface area contributed by atoms with Gasteiger partial charge in [-0.15, -0.1) is 0 Å². The predicted octanol–water partition coefficient (Wildman–Crippen LogP) is 9.06. The van der Waals surface area contributed by atoms with Crippen LogP contribution in [0.25, 0.3) is 11.3 Å². The molecule has 4 aromatic rings. The van der Waals surface area contributed by atoms with E-state index in [0.717, 1.165) is 54.5 Å². The van der Waals surface area contributed by atoms with Gasteiger partial charge >= 0.3 is 6.09 Å². The summed E-state index contributed by atoms with van der Waals surface area (Å²) in [6.07, 6.45) is 3.66. The fourth-order valence-electron chi connectivity index (χ4n) is 7.03. The molecule has 0 radical (unpaired) electrons. The molecule has 3 aliphatic rings. The van der Waals surface area contributed by atoms with E-state index in [9.17, 15) is 23.2 Å². The Balaban J connectivity index is 1.07. The molecule has 2 aliphatic carbocycles. The van der Waals surface area contributed by atoms with Crippen molar-refractivity contribution in [2.45, 2.75) is 90.1 Å². The number of piperidine rings is 1. The Labute approximate surface area is 334 Å². The second-order valence-corrected chi connectivity index (χ2v) is 16.6. The second kappa shape index (κ2) is 16.4. The van der Waals surface area contributed by atoms with Crippen LogP contribution >= 0.6 is 23.2 Å². The number of hydrogen-bond donors (Lipinski definition) is 1. The van der Waals surface area contributed by atoms with Crippen LogP contribution in [0.5, 0.6) is 5.75 Å². The largest absolute Gasteiger partial charge is 0.486 e. The van der Waals surface area contributed by atoms with Gasteiger partial charge in [-0.1, -0.05) is 52.6 Å². The van der Waals surface area contributed by atoms with Crippen LogP contribution in [0.4, 0.5) is 13.6 Å². The van der Waals surface area contributed by atoms with Crippen molar-refractivity contribution in [3.8, 4) is 17.0 Å². The van der Waals surface area contributed by atoms with Gasteiger partial charge in [0.1, 0.15) is 35.3 Å². The molecule has 1 aromatic heterocycles. The number of nitrogens with zero attached hydrogens (tertiary/aromatic N) is 3. The van der Waals surface area contributed by atoms with Gasteiger partial charge in [0.2, 0.25) is 11.8 Å². The molecular formula is C42H44Cl2F2N4O6. The highest BCUT2D eigenvalue weighted by molar-refractivity contribution is 6.33. The Morgan fingerprint density at radius 2 is 1.70 bits per heavy atom. The third-order valence-electron chi connectivity index (χ3n) is 10.3. The Bertz CT molecular complexity index is 2100. The second-order valence-electron chi connectivity index (χ2n) is 15.8. The van der Waals surface area contributed by atoms with Crippen LogP contribution in [0.2, 0.25) is 10.0 Å². The third-order valence-corrected chi connectivity index (χ3v) is 11.0. The van der Waals surface area contributed by atoms with E-state index in [1.165, 1.54) is 6.07 Å². The number of benzene rings is 3. The molecule has 0 bridgehead atoms. The van der Waals surface area contributed by atoms with Crippen LogP contribution < -0.4 is 10.1 Å². The quantitative estimate of drug-likeness (QED) is 0.142. The lowest BCUT2D eigenvalue weighted by atomic mass is 9.79. The maximum absolute atomic E-state index is 14.8. The monoisotopic (exact) mass is 808 g/mol. The fourth-order valence-corrected chi connectivity index (χ4v) is 7.46. The number of ether oxygens (including phenoxy) is 2. The van der Waals surface area contributed by atoms with Crippen LogP contribution in [-0.2, 0) is 34.0 Å². The molecule has 296 valence electrons. The first kappa shape index (κ1) is 39.6. The van der Waals surface area contributed by atoms with Gasteiger partial charge in [-0.3, -0.25) is 9.59 Å². The molecule has 7 rings (SSSR count). The summed E-state index contributed by atoms with van der Waals surface area (Å²) in [4.78, 5) is 43.9. The van der Waals surface area contributed by atoms with E-state index >= 15 is 0 Å². The minimum atomic E-state index is -0.773. The summed E-state index contributed by atoms with van der Waals surface area (Å²) in [5, 5.41) is 7.00. The Morgan fingerprint density at radius 1 is 0.964 bits per heavy atom. The van der Waals surface area contributed by atoms with Crippen molar-refractivity contribution < 1.29 is 37.2 Å². The number of amides is 3. The van der Waals surface area contributed by atoms with Crippen molar-refractivity contribution in [3.63, 3.8) is 0 Å². The number of hydrogen-bond acceptors (Lipinski definition) is 7. The van der Waals surface area contributed by atoms with Crippen LogP contribution in [0.3, 0.4) is 0 Å². The van der Waals surface area contributed by atoms with Gasteiger partial charge in [0, 0.05) is 49.2 Å². The molecule has 2 atom stereocenters. The molecule has 2 saturated carbocycles. The van der Waals surface area contributed by atoms with Gasteiger partial charge in [-0.25, -0.2) is 13.6 Å². The van der Waals surface area contributed by atoms with E-state index in [2.05, 4.69) is 10.5 Å². The smallest absolute Gasteiger partial charge is 0.410 e. The van der Waals surface area contributed by atoms with E-state index < -0.39 is 29.2 Å². The number of carbonyl (C=O) groups is 3. The number of nitrogens with one attached hydrogen (secondary N) is 1. The van der Waals surface area contributed by atoms with Crippen LogP contribution in [0.15, 0.2) is 65.2 Å². The zero-order valence-electron chi connectivity index (χ0n) is 31.5. The zero-order chi connectivity index (χ0) is 39.7. The molecule has 2 heterocycles. The molecule has 3 fully saturated rings. The maximum Gasteiger partial charge on any atom is 0.410 e. The van der Waals surface area contributed by atoms with Gasteiger partial charge in [-0.05, 0) is 106 Å².